The molecular weight excluding hydrogens is 464 g/mol. The smallest absolute Gasteiger partial charge is 0.363 e. The van der Waals surface area contributed by atoms with Gasteiger partial charge in [0.25, 0.3) is 5.69 Å². The maximum Gasteiger partial charge on any atom is 0.363 e. The van der Waals surface area contributed by atoms with E-state index >= 15 is 0 Å². The molecule has 1 aliphatic rings. The van der Waals surface area contributed by atoms with Crippen LogP contribution in [0.1, 0.15) is 16.7 Å². The summed E-state index contributed by atoms with van der Waals surface area (Å²) in [4.78, 5) is 27.1. The van der Waals surface area contributed by atoms with Gasteiger partial charge in [-0.3, -0.25) is 10.1 Å². The third-order valence-corrected chi connectivity index (χ3v) is 4.97. The van der Waals surface area contributed by atoms with Crippen molar-refractivity contribution in [3.63, 3.8) is 0 Å². The van der Waals surface area contributed by atoms with Crippen molar-refractivity contribution in [2.24, 2.45) is 4.99 Å². The van der Waals surface area contributed by atoms with Gasteiger partial charge in [0.1, 0.15) is 12.4 Å². The van der Waals surface area contributed by atoms with Crippen molar-refractivity contribution in [1.29, 1.82) is 0 Å². The number of nitro benzene ring substituents is 1. The molecule has 8 heteroatoms. The van der Waals surface area contributed by atoms with Crippen LogP contribution in [-0.4, -0.2) is 16.8 Å². The van der Waals surface area contributed by atoms with Crippen LogP contribution in [0.3, 0.4) is 0 Å². The molecule has 0 aromatic heterocycles. The number of esters is 1. The van der Waals surface area contributed by atoms with Gasteiger partial charge in [0.05, 0.1) is 4.92 Å². The molecule has 3 aromatic rings. The first-order valence-corrected chi connectivity index (χ1v) is 10.0. The van der Waals surface area contributed by atoms with Crippen LogP contribution in [0.5, 0.6) is 5.75 Å². The van der Waals surface area contributed by atoms with E-state index in [4.69, 9.17) is 9.47 Å². The maximum absolute atomic E-state index is 12.3. The predicted molar refractivity (Wildman–Crippen MR) is 119 cm³/mol. The van der Waals surface area contributed by atoms with Gasteiger partial charge in [-0.25, -0.2) is 9.79 Å². The fourth-order valence-electron chi connectivity index (χ4n) is 2.92. The second kappa shape index (κ2) is 8.93. The summed E-state index contributed by atoms with van der Waals surface area (Å²) < 4.78 is 12.1. The van der Waals surface area contributed by atoms with E-state index in [1.165, 1.54) is 12.1 Å². The van der Waals surface area contributed by atoms with Gasteiger partial charge in [-0.2, -0.15) is 0 Å². The lowest BCUT2D eigenvalue weighted by molar-refractivity contribution is -0.384. The summed E-state index contributed by atoms with van der Waals surface area (Å²) in [5.41, 5.74) is 2.15. The first-order valence-electron chi connectivity index (χ1n) is 9.23. The van der Waals surface area contributed by atoms with Gasteiger partial charge in [-0.05, 0) is 42.0 Å². The number of nitrogens with zero attached hydrogens (tertiary/aromatic N) is 2. The molecule has 0 amide bonds. The van der Waals surface area contributed by atoms with E-state index in [1.54, 1.807) is 48.5 Å². The van der Waals surface area contributed by atoms with Gasteiger partial charge in [0.2, 0.25) is 5.90 Å². The number of benzene rings is 3. The standard InChI is InChI=1S/C23H15BrN2O5/c24-18-10-8-16(9-11-18)22-25-20(23(27)31-22)13-17-5-1-2-7-21(17)30-14-15-4-3-6-19(12-15)26(28)29/h1-13H,14H2/b20-13-. The number of nitro groups is 1. The highest BCUT2D eigenvalue weighted by Gasteiger charge is 2.24. The van der Waals surface area contributed by atoms with E-state index in [-0.39, 0.29) is 23.9 Å². The molecule has 0 radical (unpaired) electrons. The number of rotatable bonds is 6. The Morgan fingerprint density at radius 3 is 2.61 bits per heavy atom. The number of non-ortho nitro benzene ring substituents is 1. The summed E-state index contributed by atoms with van der Waals surface area (Å²) >= 11 is 3.37. The summed E-state index contributed by atoms with van der Waals surface area (Å²) in [5, 5.41) is 10.9. The van der Waals surface area contributed by atoms with Crippen molar-refractivity contribution < 1.29 is 19.2 Å². The molecule has 0 aliphatic carbocycles. The van der Waals surface area contributed by atoms with Gasteiger partial charge < -0.3 is 9.47 Å². The molecule has 7 nitrogen and oxygen atoms in total. The fraction of sp³-hybridized carbons (Fsp3) is 0.0435. The lowest BCUT2D eigenvalue weighted by atomic mass is 10.1. The molecule has 0 bridgehead atoms. The number of hydrogen-bond donors (Lipinski definition) is 0. The average molecular weight is 479 g/mol. The van der Waals surface area contributed by atoms with Crippen LogP contribution in [-0.2, 0) is 16.1 Å². The van der Waals surface area contributed by atoms with Gasteiger partial charge in [-0.1, -0.05) is 46.3 Å². The molecule has 0 fully saturated rings. The molecular formula is C23H15BrN2O5. The van der Waals surface area contributed by atoms with Crippen LogP contribution in [0.15, 0.2) is 88.0 Å². The van der Waals surface area contributed by atoms with E-state index in [2.05, 4.69) is 20.9 Å². The molecule has 4 rings (SSSR count). The Labute approximate surface area is 185 Å². The predicted octanol–water partition coefficient (Wildman–Crippen LogP) is 5.28. The molecule has 0 saturated carbocycles. The van der Waals surface area contributed by atoms with Gasteiger partial charge in [0.15, 0.2) is 5.70 Å². The second-order valence-electron chi connectivity index (χ2n) is 6.60. The van der Waals surface area contributed by atoms with Crippen molar-refractivity contribution in [2.75, 3.05) is 0 Å². The van der Waals surface area contributed by atoms with Crippen LogP contribution in [0.4, 0.5) is 5.69 Å². The van der Waals surface area contributed by atoms with E-state index < -0.39 is 10.9 Å². The van der Waals surface area contributed by atoms with Crippen LogP contribution >= 0.6 is 15.9 Å². The molecule has 3 aromatic carbocycles. The molecule has 0 N–H and O–H groups in total. The topological polar surface area (TPSA) is 91.0 Å². The Balaban J connectivity index is 1.56. The zero-order chi connectivity index (χ0) is 21.8. The van der Waals surface area contributed by atoms with Crippen molar-refractivity contribution in [2.45, 2.75) is 6.61 Å². The molecule has 1 heterocycles. The second-order valence-corrected chi connectivity index (χ2v) is 7.51. The zero-order valence-electron chi connectivity index (χ0n) is 16.0. The minimum Gasteiger partial charge on any atom is -0.488 e. The van der Waals surface area contributed by atoms with Gasteiger partial charge >= 0.3 is 5.97 Å². The third kappa shape index (κ3) is 4.87. The molecule has 31 heavy (non-hydrogen) atoms. The van der Waals surface area contributed by atoms with Crippen molar-refractivity contribution >= 4 is 39.6 Å². The quantitative estimate of drug-likeness (QED) is 0.208. The third-order valence-electron chi connectivity index (χ3n) is 4.44. The lowest BCUT2D eigenvalue weighted by Crippen LogP contribution is -2.05. The first-order chi connectivity index (χ1) is 15.0. The van der Waals surface area contributed by atoms with E-state index in [0.717, 1.165) is 4.47 Å². The number of para-hydroxylation sites is 1. The van der Waals surface area contributed by atoms with E-state index in [1.807, 2.05) is 18.2 Å². The number of cyclic esters (lactones) is 1. The summed E-state index contributed by atoms with van der Waals surface area (Å²) in [6.07, 6.45) is 1.59. The van der Waals surface area contributed by atoms with Crippen molar-refractivity contribution in [3.05, 3.63) is 110 Å². The zero-order valence-corrected chi connectivity index (χ0v) is 17.6. The highest BCUT2D eigenvalue weighted by atomic mass is 79.9. The minimum atomic E-state index is -0.550. The Kier molecular flexibility index (Phi) is 5.90. The summed E-state index contributed by atoms with van der Waals surface area (Å²) in [5.74, 6) is 0.201. The molecule has 0 atom stereocenters. The van der Waals surface area contributed by atoms with Crippen molar-refractivity contribution in [1.82, 2.24) is 0 Å². The Morgan fingerprint density at radius 2 is 1.84 bits per heavy atom. The monoisotopic (exact) mass is 478 g/mol. The number of halogens is 1. The Hall–Kier alpha value is -3.78. The van der Waals surface area contributed by atoms with Crippen molar-refractivity contribution in [3.8, 4) is 5.75 Å². The first kappa shape index (κ1) is 20.5. The highest BCUT2D eigenvalue weighted by Crippen LogP contribution is 2.26. The normalized spacial score (nSPS) is 14.3. The SMILES string of the molecule is O=C1OC(c2ccc(Br)cc2)=N/C1=C\c1ccccc1OCc1cccc([N+](=O)[O-])c1. The summed E-state index contributed by atoms with van der Waals surface area (Å²) in [6.45, 7) is 0.139. The van der Waals surface area contributed by atoms with Gasteiger partial charge in [-0.15, -0.1) is 0 Å². The largest absolute Gasteiger partial charge is 0.488 e. The summed E-state index contributed by atoms with van der Waals surface area (Å²) in [7, 11) is 0. The number of hydrogen-bond acceptors (Lipinski definition) is 6. The van der Waals surface area contributed by atoms with Crippen LogP contribution in [0.2, 0.25) is 0 Å². The van der Waals surface area contributed by atoms with Crippen LogP contribution in [0, 0.1) is 10.1 Å². The molecule has 0 spiro atoms. The van der Waals surface area contributed by atoms with E-state index in [0.29, 0.717) is 22.4 Å². The number of carbonyl (C=O) groups excluding carboxylic acids is 1. The van der Waals surface area contributed by atoms with Crippen LogP contribution in [0.25, 0.3) is 6.08 Å². The molecule has 1 aliphatic heterocycles. The molecule has 0 unspecified atom stereocenters. The number of aliphatic imine (C=N–C) groups is 1. The van der Waals surface area contributed by atoms with Gasteiger partial charge in [0, 0.05) is 27.7 Å². The maximum atomic E-state index is 12.3. The molecule has 154 valence electrons. The highest BCUT2D eigenvalue weighted by molar-refractivity contribution is 9.10. The van der Waals surface area contributed by atoms with Crippen LogP contribution < -0.4 is 4.74 Å². The van der Waals surface area contributed by atoms with E-state index in [9.17, 15) is 14.9 Å². The summed E-state index contributed by atoms with van der Waals surface area (Å²) in [6, 6.07) is 20.7. The minimum absolute atomic E-state index is 0.0000116. The Bertz CT molecular complexity index is 1220. The number of carbonyl (C=O) groups is 1. The number of ether oxygens (including phenoxy) is 2. The Morgan fingerprint density at radius 1 is 1.06 bits per heavy atom. The fourth-order valence-corrected chi connectivity index (χ4v) is 3.19. The average Bonchev–Trinajstić information content (AvgIpc) is 3.14. The lowest BCUT2D eigenvalue weighted by Gasteiger charge is -2.09. The molecule has 0 saturated heterocycles.